The molecule has 0 unspecified atom stereocenters. The van der Waals surface area contributed by atoms with Crippen molar-refractivity contribution < 1.29 is 4.79 Å². The molecule has 0 amide bonds. The highest BCUT2D eigenvalue weighted by atomic mass is 16.1. The third-order valence-corrected chi connectivity index (χ3v) is 1.60. The molecule has 1 aromatic heterocycles. The van der Waals surface area contributed by atoms with Crippen LogP contribution >= 0.6 is 0 Å². The van der Waals surface area contributed by atoms with Crippen molar-refractivity contribution >= 4 is 11.4 Å². The van der Waals surface area contributed by atoms with Crippen molar-refractivity contribution in [1.82, 2.24) is 4.98 Å². The fourth-order valence-corrected chi connectivity index (χ4v) is 1.03. The molecule has 2 nitrogen and oxygen atoms in total. The number of ketones is 1. The number of hydrogen-bond donors (Lipinski definition) is 0. The Morgan fingerprint density at radius 1 is 1.50 bits per heavy atom. The molecular formula is C10H11NO. The molecular weight excluding hydrogens is 150 g/mol. The lowest BCUT2D eigenvalue weighted by Crippen LogP contribution is -2.00. The molecule has 62 valence electrons. The van der Waals surface area contributed by atoms with Gasteiger partial charge < -0.3 is 0 Å². The Kier molecular flexibility index (Phi) is 2.38. The van der Waals surface area contributed by atoms with Crippen molar-refractivity contribution in [3.05, 3.63) is 36.2 Å². The summed E-state index contributed by atoms with van der Waals surface area (Å²) in [6.07, 6.45) is 1.61. The highest BCUT2D eigenvalue weighted by Crippen LogP contribution is 2.14. The average molecular weight is 161 g/mol. The molecule has 0 aromatic carbocycles. The Bertz CT molecular complexity index is 295. The molecule has 12 heavy (non-hydrogen) atoms. The Morgan fingerprint density at radius 3 is 2.58 bits per heavy atom. The Morgan fingerprint density at radius 2 is 2.17 bits per heavy atom. The minimum absolute atomic E-state index is 0.0198. The second kappa shape index (κ2) is 3.30. The largest absolute Gasteiger partial charge is 0.293 e. The lowest BCUT2D eigenvalue weighted by Gasteiger charge is -2.03. The second-order valence-electron chi connectivity index (χ2n) is 2.74. The van der Waals surface area contributed by atoms with Crippen molar-refractivity contribution in [2.24, 2.45) is 0 Å². The molecule has 0 fully saturated rings. The molecule has 0 saturated heterocycles. The van der Waals surface area contributed by atoms with Crippen molar-refractivity contribution in [3.8, 4) is 0 Å². The SMILES string of the molecule is C=C(C)c1cccnc1C(C)=O. The number of rotatable bonds is 2. The molecule has 0 aliphatic heterocycles. The van der Waals surface area contributed by atoms with Crippen LogP contribution in [0.25, 0.3) is 5.57 Å². The van der Waals surface area contributed by atoms with Gasteiger partial charge in [-0.2, -0.15) is 0 Å². The van der Waals surface area contributed by atoms with Crippen LogP contribution in [-0.2, 0) is 0 Å². The maximum absolute atomic E-state index is 11.1. The minimum atomic E-state index is -0.0198. The van der Waals surface area contributed by atoms with E-state index in [9.17, 15) is 4.79 Å². The molecule has 0 radical (unpaired) electrons. The molecule has 1 rings (SSSR count). The van der Waals surface area contributed by atoms with Gasteiger partial charge in [0.15, 0.2) is 5.78 Å². The zero-order valence-corrected chi connectivity index (χ0v) is 7.29. The summed E-state index contributed by atoms with van der Waals surface area (Å²) in [5.41, 5.74) is 2.21. The minimum Gasteiger partial charge on any atom is -0.293 e. The van der Waals surface area contributed by atoms with E-state index in [4.69, 9.17) is 0 Å². The van der Waals surface area contributed by atoms with Crippen LogP contribution in [0.2, 0.25) is 0 Å². The average Bonchev–Trinajstić information content (AvgIpc) is 2.04. The standard InChI is InChI=1S/C10H11NO/c1-7(2)9-5-4-6-11-10(9)8(3)12/h4-6H,1H2,2-3H3. The highest BCUT2D eigenvalue weighted by molar-refractivity contribution is 5.96. The van der Waals surface area contributed by atoms with Crippen molar-refractivity contribution in [3.63, 3.8) is 0 Å². The van der Waals surface area contributed by atoms with Gasteiger partial charge in [0.2, 0.25) is 0 Å². The summed E-state index contributed by atoms with van der Waals surface area (Å²) in [7, 11) is 0. The van der Waals surface area contributed by atoms with E-state index in [2.05, 4.69) is 11.6 Å². The van der Waals surface area contributed by atoms with Gasteiger partial charge in [0.25, 0.3) is 0 Å². The fourth-order valence-electron chi connectivity index (χ4n) is 1.03. The molecule has 0 aliphatic carbocycles. The van der Waals surface area contributed by atoms with Crippen LogP contribution < -0.4 is 0 Å². The number of allylic oxidation sites excluding steroid dienone is 1. The molecule has 0 aliphatic rings. The van der Waals surface area contributed by atoms with Crippen LogP contribution in [0.15, 0.2) is 24.9 Å². The van der Waals surface area contributed by atoms with Crippen LogP contribution in [0.5, 0.6) is 0 Å². The van der Waals surface area contributed by atoms with E-state index in [-0.39, 0.29) is 5.78 Å². The molecule has 0 bridgehead atoms. The number of carbonyl (C=O) groups excluding carboxylic acids is 1. The molecule has 0 spiro atoms. The number of pyridine rings is 1. The first-order valence-corrected chi connectivity index (χ1v) is 3.74. The van der Waals surface area contributed by atoms with Gasteiger partial charge >= 0.3 is 0 Å². The fraction of sp³-hybridized carbons (Fsp3) is 0.200. The zero-order valence-electron chi connectivity index (χ0n) is 7.29. The summed E-state index contributed by atoms with van der Waals surface area (Å²) in [6, 6.07) is 3.66. The van der Waals surface area contributed by atoms with Crippen LogP contribution in [0.3, 0.4) is 0 Å². The molecule has 2 heteroatoms. The molecule has 1 heterocycles. The normalized spacial score (nSPS) is 9.50. The van der Waals surface area contributed by atoms with E-state index in [1.54, 1.807) is 12.3 Å². The summed E-state index contributed by atoms with van der Waals surface area (Å²) in [5, 5.41) is 0. The number of hydrogen-bond acceptors (Lipinski definition) is 2. The smallest absolute Gasteiger partial charge is 0.178 e. The van der Waals surface area contributed by atoms with E-state index in [0.29, 0.717) is 5.69 Å². The first-order valence-electron chi connectivity index (χ1n) is 3.74. The lowest BCUT2D eigenvalue weighted by molar-refractivity contribution is 0.101. The Labute approximate surface area is 71.9 Å². The Hall–Kier alpha value is -1.44. The van der Waals surface area contributed by atoms with Crippen LogP contribution in [-0.4, -0.2) is 10.8 Å². The van der Waals surface area contributed by atoms with Gasteiger partial charge in [-0.05, 0) is 18.6 Å². The predicted molar refractivity (Wildman–Crippen MR) is 48.9 cm³/mol. The monoisotopic (exact) mass is 161 g/mol. The first kappa shape index (κ1) is 8.65. The highest BCUT2D eigenvalue weighted by Gasteiger charge is 2.07. The number of aromatic nitrogens is 1. The van der Waals surface area contributed by atoms with Gasteiger partial charge in [0, 0.05) is 18.7 Å². The second-order valence-corrected chi connectivity index (χ2v) is 2.74. The van der Waals surface area contributed by atoms with Crippen molar-refractivity contribution in [2.45, 2.75) is 13.8 Å². The molecule has 1 aromatic rings. The van der Waals surface area contributed by atoms with E-state index < -0.39 is 0 Å². The lowest BCUT2D eigenvalue weighted by atomic mass is 10.1. The maximum Gasteiger partial charge on any atom is 0.178 e. The van der Waals surface area contributed by atoms with E-state index in [0.717, 1.165) is 11.1 Å². The summed E-state index contributed by atoms with van der Waals surface area (Å²) >= 11 is 0. The third-order valence-electron chi connectivity index (χ3n) is 1.60. The van der Waals surface area contributed by atoms with Gasteiger partial charge in [-0.3, -0.25) is 9.78 Å². The summed E-state index contributed by atoms with van der Waals surface area (Å²) in [6.45, 7) is 7.15. The maximum atomic E-state index is 11.1. The van der Waals surface area contributed by atoms with Crippen LogP contribution in [0.4, 0.5) is 0 Å². The van der Waals surface area contributed by atoms with E-state index in [1.807, 2.05) is 13.0 Å². The molecule has 0 atom stereocenters. The number of carbonyl (C=O) groups is 1. The summed E-state index contributed by atoms with van der Waals surface area (Å²) < 4.78 is 0. The van der Waals surface area contributed by atoms with Crippen LogP contribution in [0, 0.1) is 0 Å². The number of nitrogens with zero attached hydrogens (tertiary/aromatic N) is 1. The van der Waals surface area contributed by atoms with E-state index in [1.165, 1.54) is 6.92 Å². The summed E-state index contributed by atoms with van der Waals surface area (Å²) in [5.74, 6) is -0.0198. The summed E-state index contributed by atoms with van der Waals surface area (Å²) in [4.78, 5) is 15.1. The zero-order chi connectivity index (χ0) is 9.14. The Balaban J connectivity index is 3.27. The first-order chi connectivity index (χ1) is 5.63. The third kappa shape index (κ3) is 1.59. The van der Waals surface area contributed by atoms with Crippen molar-refractivity contribution in [2.75, 3.05) is 0 Å². The van der Waals surface area contributed by atoms with Crippen molar-refractivity contribution in [1.29, 1.82) is 0 Å². The van der Waals surface area contributed by atoms with E-state index >= 15 is 0 Å². The quantitative estimate of drug-likeness (QED) is 0.623. The van der Waals surface area contributed by atoms with Gasteiger partial charge in [-0.25, -0.2) is 0 Å². The van der Waals surface area contributed by atoms with Gasteiger partial charge in [0.05, 0.1) is 0 Å². The predicted octanol–water partition coefficient (Wildman–Crippen LogP) is 2.32. The van der Waals surface area contributed by atoms with Crippen LogP contribution in [0.1, 0.15) is 29.9 Å². The van der Waals surface area contributed by atoms with Gasteiger partial charge in [-0.15, -0.1) is 0 Å². The topological polar surface area (TPSA) is 30.0 Å². The van der Waals surface area contributed by atoms with Gasteiger partial charge in [0.1, 0.15) is 5.69 Å². The number of Topliss-reactive ketones (excluding diaryl/α,β-unsaturated/α-hetero) is 1. The molecule has 0 saturated carbocycles. The molecule has 0 N–H and O–H groups in total. The van der Waals surface area contributed by atoms with Gasteiger partial charge in [-0.1, -0.05) is 12.6 Å².